The van der Waals surface area contributed by atoms with E-state index in [0.29, 0.717) is 17.6 Å². The standard InChI is InChI=1S/C21H31BrFN3O3/c1-14(19(27)24-18-9-8-16(22)11-17(18)23)26-10-6-7-15(13-26)12-25(5)20(28)29-21(2,3)4/h8-9,11,14-15H,6-7,10,12-13H2,1-5H3,(H,24,27). The summed E-state index contributed by atoms with van der Waals surface area (Å²) in [5.41, 5.74) is -0.359. The minimum absolute atomic E-state index is 0.170. The van der Waals surface area contributed by atoms with Crippen molar-refractivity contribution in [3.63, 3.8) is 0 Å². The summed E-state index contributed by atoms with van der Waals surface area (Å²) in [7, 11) is 1.74. The van der Waals surface area contributed by atoms with E-state index >= 15 is 0 Å². The number of benzene rings is 1. The summed E-state index contributed by atoms with van der Waals surface area (Å²) < 4.78 is 20.0. The number of rotatable bonds is 5. The van der Waals surface area contributed by atoms with E-state index in [4.69, 9.17) is 4.74 Å². The van der Waals surface area contributed by atoms with Crippen LogP contribution in [0.15, 0.2) is 22.7 Å². The van der Waals surface area contributed by atoms with Crippen molar-refractivity contribution in [2.75, 3.05) is 32.0 Å². The molecule has 2 amide bonds. The van der Waals surface area contributed by atoms with Crippen LogP contribution in [0.1, 0.15) is 40.5 Å². The molecule has 0 spiro atoms. The minimum Gasteiger partial charge on any atom is -0.444 e. The van der Waals surface area contributed by atoms with Crippen molar-refractivity contribution in [2.45, 2.75) is 52.2 Å². The molecular formula is C21H31BrFN3O3. The quantitative estimate of drug-likeness (QED) is 0.686. The van der Waals surface area contributed by atoms with E-state index < -0.39 is 17.5 Å². The van der Waals surface area contributed by atoms with Crippen LogP contribution in [-0.4, -0.2) is 60.1 Å². The molecule has 1 aromatic rings. The summed E-state index contributed by atoms with van der Waals surface area (Å²) in [6.07, 6.45) is 1.59. The second kappa shape index (κ2) is 9.89. The molecule has 0 aromatic heterocycles. The second-order valence-corrected chi connectivity index (χ2v) is 9.57. The summed E-state index contributed by atoms with van der Waals surface area (Å²) >= 11 is 3.21. The Kier molecular flexibility index (Phi) is 8.05. The van der Waals surface area contributed by atoms with Crippen LogP contribution in [0.3, 0.4) is 0 Å². The van der Waals surface area contributed by atoms with Crippen molar-refractivity contribution >= 4 is 33.6 Å². The number of hydrogen-bond acceptors (Lipinski definition) is 4. The zero-order chi connectivity index (χ0) is 21.8. The van der Waals surface area contributed by atoms with Gasteiger partial charge in [-0.05, 0) is 71.2 Å². The van der Waals surface area contributed by atoms with Crippen LogP contribution in [0.25, 0.3) is 0 Å². The molecular weight excluding hydrogens is 441 g/mol. The Labute approximate surface area is 180 Å². The maximum Gasteiger partial charge on any atom is 0.410 e. The van der Waals surface area contributed by atoms with Crippen molar-refractivity contribution in [1.29, 1.82) is 0 Å². The number of nitrogens with one attached hydrogen (secondary N) is 1. The lowest BCUT2D eigenvalue weighted by Crippen LogP contribution is -2.49. The van der Waals surface area contributed by atoms with Gasteiger partial charge in [-0.3, -0.25) is 9.69 Å². The normalized spacial score (nSPS) is 18.8. The van der Waals surface area contributed by atoms with E-state index in [9.17, 15) is 14.0 Å². The van der Waals surface area contributed by atoms with Gasteiger partial charge in [0.15, 0.2) is 0 Å². The summed E-state index contributed by atoms with van der Waals surface area (Å²) in [5, 5.41) is 2.67. The Hall–Kier alpha value is -1.67. The topological polar surface area (TPSA) is 61.9 Å². The van der Waals surface area contributed by atoms with Gasteiger partial charge in [0, 0.05) is 24.6 Å². The van der Waals surface area contributed by atoms with Gasteiger partial charge >= 0.3 is 6.09 Å². The first kappa shape index (κ1) is 23.6. The van der Waals surface area contributed by atoms with Gasteiger partial charge in [0.2, 0.25) is 5.91 Å². The fourth-order valence-corrected chi connectivity index (χ4v) is 3.73. The van der Waals surface area contributed by atoms with Crippen molar-refractivity contribution < 1.29 is 18.7 Å². The first-order valence-electron chi connectivity index (χ1n) is 9.90. The molecule has 0 radical (unpaired) electrons. The molecule has 2 rings (SSSR count). The zero-order valence-corrected chi connectivity index (χ0v) is 19.4. The molecule has 1 aliphatic rings. The van der Waals surface area contributed by atoms with Gasteiger partial charge < -0.3 is 15.0 Å². The molecule has 29 heavy (non-hydrogen) atoms. The number of halogens is 2. The Bertz CT molecular complexity index is 738. The molecule has 0 aliphatic carbocycles. The summed E-state index contributed by atoms with van der Waals surface area (Å²) in [4.78, 5) is 28.5. The third-order valence-corrected chi connectivity index (χ3v) is 5.40. The van der Waals surface area contributed by atoms with Crippen LogP contribution in [0, 0.1) is 11.7 Å². The molecule has 1 heterocycles. The predicted molar refractivity (Wildman–Crippen MR) is 115 cm³/mol. The molecule has 1 aromatic carbocycles. The van der Waals surface area contributed by atoms with E-state index in [1.54, 1.807) is 24.1 Å². The maximum absolute atomic E-state index is 14.0. The Morgan fingerprint density at radius 2 is 2.10 bits per heavy atom. The van der Waals surface area contributed by atoms with Crippen LogP contribution in [0.4, 0.5) is 14.9 Å². The molecule has 1 fully saturated rings. The lowest BCUT2D eigenvalue weighted by atomic mass is 9.96. The predicted octanol–water partition coefficient (Wildman–Crippen LogP) is 4.49. The maximum atomic E-state index is 14.0. The van der Waals surface area contributed by atoms with Crippen molar-refractivity contribution in [2.24, 2.45) is 5.92 Å². The number of ether oxygens (including phenoxy) is 1. The molecule has 1 aliphatic heterocycles. The zero-order valence-electron chi connectivity index (χ0n) is 17.8. The van der Waals surface area contributed by atoms with Crippen molar-refractivity contribution in [1.82, 2.24) is 9.80 Å². The van der Waals surface area contributed by atoms with Crippen LogP contribution in [0.2, 0.25) is 0 Å². The van der Waals surface area contributed by atoms with Crippen LogP contribution in [0.5, 0.6) is 0 Å². The fourth-order valence-electron chi connectivity index (χ4n) is 3.39. The van der Waals surface area contributed by atoms with Gasteiger partial charge in [-0.25, -0.2) is 9.18 Å². The lowest BCUT2D eigenvalue weighted by Gasteiger charge is -2.37. The molecule has 162 valence electrons. The summed E-state index contributed by atoms with van der Waals surface area (Å²) in [6, 6.07) is 4.16. The number of carbonyl (C=O) groups is 2. The van der Waals surface area contributed by atoms with Crippen molar-refractivity contribution in [3.05, 3.63) is 28.5 Å². The van der Waals surface area contributed by atoms with Gasteiger partial charge in [0.25, 0.3) is 0 Å². The van der Waals surface area contributed by atoms with E-state index in [0.717, 1.165) is 19.4 Å². The van der Waals surface area contributed by atoms with Gasteiger partial charge in [0.05, 0.1) is 11.7 Å². The largest absolute Gasteiger partial charge is 0.444 e. The van der Waals surface area contributed by atoms with Crippen LogP contribution >= 0.6 is 15.9 Å². The molecule has 8 heteroatoms. The number of amides is 2. The number of hydrogen-bond donors (Lipinski definition) is 1. The first-order valence-corrected chi connectivity index (χ1v) is 10.7. The van der Waals surface area contributed by atoms with E-state index in [1.165, 1.54) is 6.07 Å². The SMILES string of the molecule is CC(C(=O)Nc1ccc(Br)cc1F)N1CCCC(CN(C)C(=O)OC(C)(C)C)C1. The molecule has 2 atom stereocenters. The monoisotopic (exact) mass is 471 g/mol. The molecule has 1 N–H and O–H groups in total. The average Bonchev–Trinajstić information content (AvgIpc) is 2.62. The Morgan fingerprint density at radius 1 is 1.41 bits per heavy atom. The lowest BCUT2D eigenvalue weighted by molar-refractivity contribution is -0.121. The fraction of sp³-hybridized carbons (Fsp3) is 0.619. The summed E-state index contributed by atoms with van der Waals surface area (Å²) in [6.45, 7) is 9.42. The highest BCUT2D eigenvalue weighted by molar-refractivity contribution is 9.10. The van der Waals surface area contributed by atoms with Gasteiger partial charge in [0.1, 0.15) is 11.4 Å². The second-order valence-electron chi connectivity index (χ2n) is 8.65. The first-order chi connectivity index (χ1) is 13.5. The highest BCUT2D eigenvalue weighted by Crippen LogP contribution is 2.23. The minimum atomic E-state index is -0.529. The third kappa shape index (κ3) is 7.26. The van der Waals surface area contributed by atoms with E-state index in [1.807, 2.05) is 27.7 Å². The Balaban J connectivity index is 1.91. The molecule has 6 nitrogen and oxygen atoms in total. The van der Waals surface area contributed by atoms with Crippen LogP contribution in [-0.2, 0) is 9.53 Å². The molecule has 0 saturated carbocycles. The molecule has 1 saturated heterocycles. The smallest absolute Gasteiger partial charge is 0.410 e. The third-order valence-electron chi connectivity index (χ3n) is 4.90. The van der Waals surface area contributed by atoms with Gasteiger partial charge in [-0.2, -0.15) is 0 Å². The van der Waals surface area contributed by atoms with Crippen molar-refractivity contribution in [3.8, 4) is 0 Å². The highest BCUT2D eigenvalue weighted by Gasteiger charge is 2.30. The average molecular weight is 472 g/mol. The van der Waals surface area contributed by atoms with E-state index in [-0.39, 0.29) is 23.6 Å². The highest BCUT2D eigenvalue weighted by atomic mass is 79.9. The number of anilines is 1. The molecule has 0 bridgehead atoms. The number of piperidine rings is 1. The van der Waals surface area contributed by atoms with E-state index in [2.05, 4.69) is 26.1 Å². The Morgan fingerprint density at radius 3 is 2.72 bits per heavy atom. The number of nitrogens with zero attached hydrogens (tertiary/aromatic N) is 2. The van der Waals surface area contributed by atoms with Gasteiger partial charge in [-0.15, -0.1) is 0 Å². The van der Waals surface area contributed by atoms with Crippen LogP contribution < -0.4 is 5.32 Å². The number of carbonyl (C=O) groups excluding carboxylic acids is 2. The van der Waals surface area contributed by atoms with Gasteiger partial charge in [-0.1, -0.05) is 15.9 Å². The summed E-state index contributed by atoms with van der Waals surface area (Å²) in [5.74, 6) is -0.469. The number of likely N-dealkylation sites (tertiary alicyclic amines) is 1. The molecule has 2 unspecified atom stereocenters.